The second kappa shape index (κ2) is 7.95. The molecule has 178 valence electrons. The molecule has 0 amide bonds. The normalized spacial score (nSPS) is 14.5. The molecule has 0 saturated heterocycles. The Morgan fingerprint density at radius 3 is 1.63 bits per heavy atom. The Bertz CT molecular complexity index is 1390. The second-order valence-electron chi connectivity index (χ2n) is 12.8. The molecule has 0 heteroatoms. The summed E-state index contributed by atoms with van der Waals surface area (Å²) in [5, 5.41) is 0. The van der Waals surface area contributed by atoms with Crippen molar-refractivity contribution in [3.63, 3.8) is 0 Å². The summed E-state index contributed by atoms with van der Waals surface area (Å²) in [5.41, 5.74) is 13.8. The molecule has 4 aromatic carbocycles. The fourth-order valence-corrected chi connectivity index (χ4v) is 5.45. The molecule has 0 nitrogen and oxygen atoms in total. The number of benzene rings is 4. The van der Waals surface area contributed by atoms with Crippen LogP contribution in [0.4, 0.5) is 0 Å². The third kappa shape index (κ3) is 4.04. The van der Waals surface area contributed by atoms with Gasteiger partial charge in [-0.05, 0) is 72.5 Å². The Labute approximate surface area is 212 Å². The summed E-state index contributed by atoms with van der Waals surface area (Å²) in [7, 11) is 0. The predicted molar refractivity (Wildman–Crippen MR) is 152 cm³/mol. The first kappa shape index (κ1) is 23.6. The third-order valence-corrected chi connectivity index (χ3v) is 7.81. The van der Waals surface area contributed by atoms with E-state index in [1.165, 1.54) is 55.6 Å². The topological polar surface area (TPSA) is 0 Å². The molecule has 5 rings (SSSR count). The minimum atomic E-state index is -0.0358. The van der Waals surface area contributed by atoms with Gasteiger partial charge >= 0.3 is 0 Å². The second-order valence-corrected chi connectivity index (χ2v) is 12.8. The summed E-state index contributed by atoms with van der Waals surface area (Å²) in [6.07, 6.45) is 0. The number of rotatable bonds is 2. The molecule has 0 aromatic heterocycles. The van der Waals surface area contributed by atoms with Crippen molar-refractivity contribution >= 4 is 0 Å². The van der Waals surface area contributed by atoms with Crippen LogP contribution in [0.5, 0.6) is 0 Å². The van der Waals surface area contributed by atoms with Crippen LogP contribution in [-0.2, 0) is 16.2 Å². The highest BCUT2D eigenvalue weighted by molar-refractivity contribution is 5.93. The predicted octanol–water partition coefficient (Wildman–Crippen LogP) is 9.92. The molecule has 0 saturated carbocycles. The molecular formula is C35H38. The van der Waals surface area contributed by atoms with Crippen LogP contribution in [0.15, 0.2) is 84.9 Å². The summed E-state index contributed by atoms with van der Waals surface area (Å²) in [4.78, 5) is 0. The summed E-state index contributed by atoms with van der Waals surface area (Å²) >= 11 is 0. The summed E-state index contributed by atoms with van der Waals surface area (Å²) in [6, 6.07) is 31.9. The molecule has 0 atom stereocenters. The number of hydrogen-bond acceptors (Lipinski definition) is 0. The van der Waals surface area contributed by atoms with Gasteiger partial charge in [-0.1, -0.05) is 134 Å². The van der Waals surface area contributed by atoms with E-state index in [0.717, 1.165) is 0 Å². The fraction of sp³-hybridized carbons (Fsp3) is 0.314. The van der Waals surface area contributed by atoms with E-state index in [1.54, 1.807) is 0 Å². The first-order valence-electron chi connectivity index (χ1n) is 12.9. The first-order valence-corrected chi connectivity index (χ1v) is 12.9. The summed E-state index contributed by atoms with van der Waals surface area (Å²) in [6.45, 7) is 18.7. The zero-order valence-electron chi connectivity index (χ0n) is 22.6. The van der Waals surface area contributed by atoms with E-state index in [9.17, 15) is 0 Å². The van der Waals surface area contributed by atoms with Crippen LogP contribution in [0.2, 0.25) is 0 Å². The van der Waals surface area contributed by atoms with E-state index in [0.29, 0.717) is 0 Å². The van der Waals surface area contributed by atoms with Crippen LogP contribution in [-0.4, -0.2) is 0 Å². The van der Waals surface area contributed by atoms with Crippen LogP contribution in [0.1, 0.15) is 77.6 Å². The molecule has 0 bridgehead atoms. The van der Waals surface area contributed by atoms with Crippen molar-refractivity contribution < 1.29 is 0 Å². The van der Waals surface area contributed by atoms with E-state index in [2.05, 4.69) is 140 Å². The molecule has 4 aromatic rings. The van der Waals surface area contributed by atoms with Crippen molar-refractivity contribution in [3.05, 3.63) is 107 Å². The molecule has 1 aliphatic carbocycles. The number of hydrogen-bond donors (Lipinski definition) is 0. The van der Waals surface area contributed by atoms with Gasteiger partial charge in [-0.15, -0.1) is 0 Å². The average molecular weight is 459 g/mol. The van der Waals surface area contributed by atoms with Gasteiger partial charge in [0.25, 0.3) is 0 Å². The Hall–Kier alpha value is -3.12. The lowest BCUT2D eigenvalue weighted by Crippen LogP contribution is -2.19. The van der Waals surface area contributed by atoms with Gasteiger partial charge in [0.2, 0.25) is 0 Å². The summed E-state index contributed by atoms with van der Waals surface area (Å²) in [5.74, 6) is 0. The zero-order valence-corrected chi connectivity index (χ0v) is 22.6. The van der Waals surface area contributed by atoms with Gasteiger partial charge in [0, 0.05) is 5.41 Å². The molecule has 35 heavy (non-hydrogen) atoms. The maximum Gasteiger partial charge on any atom is 0.0159 e. The number of fused-ring (bicyclic) bond motifs is 3. The van der Waals surface area contributed by atoms with E-state index in [4.69, 9.17) is 0 Å². The highest BCUT2D eigenvalue weighted by Gasteiger charge is 2.39. The lowest BCUT2D eigenvalue weighted by Gasteiger charge is -2.27. The molecule has 1 aliphatic rings. The monoisotopic (exact) mass is 458 g/mol. The smallest absolute Gasteiger partial charge is 0.0159 e. The third-order valence-electron chi connectivity index (χ3n) is 7.81. The molecule has 0 aliphatic heterocycles. The fourth-order valence-electron chi connectivity index (χ4n) is 5.45. The molecule has 0 heterocycles. The van der Waals surface area contributed by atoms with Gasteiger partial charge in [0.15, 0.2) is 0 Å². The molecule has 0 unspecified atom stereocenters. The Morgan fingerprint density at radius 2 is 1.03 bits per heavy atom. The minimum Gasteiger partial charge on any atom is -0.0622 e. The Morgan fingerprint density at radius 1 is 0.486 bits per heavy atom. The van der Waals surface area contributed by atoms with Gasteiger partial charge in [-0.25, -0.2) is 0 Å². The SMILES string of the molecule is CC(C)(C)c1ccc2c(c1)C(C)(C)c1cc(C(C)(C)C)cc(-c3ccc(-c4ccccc4)cc3)c1-2. The quantitative estimate of drug-likeness (QED) is 0.280. The average Bonchev–Trinajstić information content (AvgIpc) is 3.05. The van der Waals surface area contributed by atoms with Crippen molar-refractivity contribution in [1.82, 2.24) is 0 Å². The Balaban J connectivity index is 1.74. The maximum absolute atomic E-state index is 2.48. The van der Waals surface area contributed by atoms with Crippen molar-refractivity contribution in [1.29, 1.82) is 0 Å². The van der Waals surface area contributed by atoms with Crippen LogP contribution >= 0.6 is 0 Å². The highest BCUT2D eigenvalue weighted by atomic mass is 14.4. The van der Waals surface area contributed by atoms with Gasteiger partial charge in [0.1, 0.15) is 0 Å². The lowest BCUT2D eigenvalue weighted by molar-refractivity contribution is 0.580. The van der Waals surface area contributed by atoms with Gasteiger partial charge in [0.05, 0.1) is 0 Å². The molecule has 0 radical (unpaired) electrons. The highest BCUT2D eigenvalue weighted by Crippen LogP contribution is 2.54. The van der Waals surface area contributed by atoms with Gasteiger partial charge < -0.3 is 0 Å². The van der Waals surface area contributed by atoms with Crippen molar-refractivity contribution in [2.24, 2.45) is 0 Å². The molecular weight excluding hydrogens is 420 g/mol. The van der Waals surface area contributed by atoms with Crippen molar-refractivity contribution in [3.8, 4) is 33.4 Å². The van der Waals surface area contributed by atoms with Crippen LogP contribution in [0.3, 0.4) is 0 Å². The lowest BCUT2D eigenvalue weighted by atomic mass is 9.76. The Kier molecular flexibility index (Phi) is 5.37. The minimum absolute atomic E-state index is 0.0358. The molecule has 0 N–H and O–H groups in total. The summed E-state index contributed by atoms with van der Waals surface area (Å²) < 4.78 is 0. The van der Waals surface area contributed by atoms with E-state index < -0.39 is 0 Å². The van der Waals surface area contributed by atoms with Gasteiger partial charge in [-0.3, -0.25) is 0 Å². The van der Waals surface area contributed by atoms with E-state index >= 15 is 0 Å². The van der Waals surface area contributed by atoms with Crippen molar-refractivity contribution in [2.45, 2.75) is 71.6 Å². The van der Waals surface area contributed by atoms with Crippen LogP contribution in [0, 0.1) is 0 Å². The first-order chi connectivity index (χ1) is 16.4. The van der Waals surface area contributed by atoms with Crippen LogP contribution < -0.4 is 0 Å². The van der Waals surface area contributed by atoms with Crippen molar-refractivity contribution in [2.75, 3.05) is 0 Å². The molecule has 0 fully saturated rings. The van der Waals surface area contributed by atoms with E-state index in [1.807, 2.05) is 0 Å². The standard InChI is InChI=1S/C35H38/c1-33(2,3)26-18-19-28-30(21-26)35(7,8)31-22-27(34(4,5)6)20-29(32(28)31)25-16-14-24(15-17-25)23-12-10-9-11-13-23/h9-22H,1-8H3. The van der Waals surface area contributed by atoms with E-state index in [-0.39, 0.29) is 16.2 Å². The van der Waals surface area contributed by atoms with Gasteiger partial charge in [-0.2, -0.15) is 0 Å². The largest absolute Gasteiger partial charge is 0.0622 e. The van der Waals surface area contributed by atoms with Crippen LogP contribution in [0.25, 0.3) is 33.4 Å². The zero-order chi connectivity index (χ0) is 25.2. The maximum atomic E-state index is 2.48. The molecule has 0 spiro atoms.